The van der Waals surface area contributed by atoms with Crippen molar-refractivity contribution in [3.8, 4) is 17.2 Å². The van der Waals surface area contributed by atoms with E-state index in [9.17, 15) is 14.7 Å². The van der Waals surface area contributed by atoms with E-state index in [1.165, 1.54) is 4.90 Å². The first-order chi connectivity index (χ1) is 18.4. The van der Waals surface area contributed by atoms with E-state index in [0.717, 1.165) is 12.0 Å². The van der Waals surface area contributed by atoms with E-state index in [2.05, 4.69) is 13.8 Å². The normalized spacial score (nSPS) is 18.2. The smallest absolute Gasteiger partial charge is 0.295 e. The third-order valence-corrected chi connectivity index (χ3v) is 6.69. The Morgan fingerprint density at radius 2 is 1.74 bits per heavy atom. The summed E-state index contributed by atoms with van der Waals surface area (Å²) < 4.78 is 17.2. The van der Waals surface area contributed by atoms with Gasteiger partial charge < -0.3 is 24.2 Å². The van der Waals surface area contributed by atoms with E-state index in [1.807, 2.05) is 54.6 Å². The molecule has 7 nitrogen and oxygen atoms in total. The minimum Gasteiger partial charge on any atom is -0.507 e. The Kier molecular flexibility index (Phi) is 7.36. The summed E-state index contributed by atoms with van der Waals surface area (Å²) in [6, 6.07) is 21.1. The van der Waals surface area contributed by atoms with Gasteiger partial charge in [-0.2, -0.15) is 0 Å². The summed E-state index contributed by atoms with van der Waals surface area (Å²) in [5.41, 5.74) is 1.97. The number of aliphatic hydroxyl groups excluding tert-OH is 1. The van der Waals surface area contributed by atoms with Crippen LogP contribution in [0.1, 0.15) is 43.0 Å². The van der Waals surface area contributed by atoms with E-state index in [4.69, 9.17) is 14.2 Å². The standard InChI is InChI=1S/C31H31NO6/c1-20(2)13-14-36-24-10-6-9-22(17-24)28-27(29(33)23-11-12-25-26(18-23)38-16-15-37-25)30(34)31(35)32(28)19-21-7-4-3-5-8-21/h3-12,17-18,20,28,33H,13-16,19H2,1-2H3/b29-27-. The number of carbonyl (C=O) groups excluding carboxylic acids is 2. The summed E-state index contributed by atoms with van der Waals surface area (Å²) >= 11 is 0. The van der Waals surface area contributed by atoms with Crippen LogP contribution in [0.25, 0.3) is 5.76 Å². The Bertz CT molecular complexity index is 1360. The third-order valence-electron chi connectivity index (χ3n) is 6.69. The van der Waals surface area contributed by atoms with Gasteiger partial charge in [0, 0.05) is 12.1 Å². The second-order valence-corrected chi connectivity index (χ2v) is 9.87. The van der Waals surface area contributed by atoms with E-state index in [0.29, 0.717) is 54.1 Å². The number of aliphatic hydroxyl groups is 1. The predicted molar refractivity (Wildman–Crippen MR) is 143 cm³/mol. The average molecular weight is 514 g/mol. The number of fused-ring (bicyclic) bond motifs is 1. The Morgan fingerprint density at radius 1 is 0.974 bits per heavy atom. The molecule has 5 rings (SSSR count). The zero-order chi connectivity index (χ0) is 26.6. The number of amides is 1. The van der Waals surface area contributed by atoms with Crippen LogP contribution in [-0.4, -0.2) is 41.5 Å². The third kappa shape index (κ3) is 5.23. The molecule has 1 amide bonds. The maximum atomic E-state index is 13.4. The molecule has 1 fully saturated rings. The highest BCUT2D eigenvalue weighted by Crippen LogP contribution is 2.42. The lowest BCUT2D eigenvalue weighted by Crippen LogP contribution is -2.29. The molecule has 1 N–H and O–H groups in total. The van der Waals surface area contributed by atoms with Crippen molar-refractivity contribution in [3.63, 3.8) is 0 Å². The van der Waals surface area contributed by atoms with Gasteiger partial charge in [-0.05, 0) is 53.8 Å². The quantitative estimate of drug-likeness (QED) is 0.243. The van der Waals surface area contributed by atoms with E-state index >= 15 is 0 Å². The van der Waals surface area contributed by atoms with Crippen LogP contribution in [0.5, 0.6) is 17.2 Å². The average Bonchev–Trinajstić information content (AvgIpc) is 3.18. The highest BCUT2D eigenvalue weighted by atomic mass is 16.6. The number of nitrogens with zero attached hydrogens (tertiary/aromatic N) is 1. The minimum atomic E-state index is -0.794. The molecule has 0 aromatic heterocycles. The van der Waals surface area contributed by atoms with Crippen LogP contribution in [0.4, 0.5) is 0 Å². The summed E-state index contributed by atoms with van der Waals surface area (Å²) in [6.45, 7) is 5.87. The molecular formula is C31H31NO6. The number of hydrogen-bond acceptors (Lipinski definition) is 6. The lowest BCUT2D eigenvalue weighted by Gasteiger charge is -2.26. The van der Waals surface area contributed by atoms with Gasteiger partial charge in [-0.3, -0.25) is 9.59 Å². The van der Waals surface area contributed by atoms with Crippen molar-refractivity contribution in [2.24, 2.45) is 5.92 Å². The van der Waals surface area contributed by atoms with Gasteiger partial charge >= 0.3 is 0 Å². The molecule has 0 bridgehead atoms. The zero-order valence-electron chi connectivity index (χ0n) is 21.6. The van der Waals surface area contributed by atoms with Gasteiger partial charge in [-0.15, -0.1) is 0 Å². The Morgan fingerprint density at radius 3 is 2.50 bits per heavy atom. The van der Waals surface area contributed by atoms with Crippen LogP contribution in [0.2, 0.25) is 0 Å². The van der Waals surface area contributed by atoms with Crippen molar-refractivity contribution in [2.75, 3.05) is 19.8 Å². The summed E-state index contributed by atoms with van der Waals surface area (Å²) in [6.07, 6.45) is 0.904. The number of hydrogen-bond donors (Lipinski definition) is 1. The molecule has 0 radical (unpaired) electrons. The first kappa shape index (κ1) is 25.4. The molecule has 38 heavy (non-hydrogen) atoms. The molecule has 1 atom stereocenters. The van der Waals surface area contributed by atoms with E-state index < -0.39 is 17.7 Å². The molecule has 3 aromatic carbocycles. The molecule has 7 heteroatoms. The lowest BCUT2D eigenvalue weighted by molar-refractivity contribution is -0.140. The van der Waals surface area contributed by atoms with Gasteiger partial charge in [0.2, 0.25) is 0 Å². The molecule has 1 unspecified atom stereocenters. The van der Waals surface area contributed by atoms with Crippen molar-refractivity contribution < 1.29 is 28.9 Å². The minimum absolute atomic E-state index is 0.0296. The first-order valence-corrected chi connectivity index (χ1v) is 12.9. The number of ether oxygens (including phenoxy) is 3. The molecule has 1 saturated heterocycles. The molecule has 196 valence electrons. The van der Waals surface area contributed by atoms with Crippen molar-refractivity contribution in [2.45, 2.75) is 32.9 Å². The number of ketones is 1. The Balaban J connectivity index is 1.57. The molecule has 0 saturated carbocycles. The van der Waals surface area contributed by atoms with Crippen LogP contribution in [0, 0.1) is 5.92 Å². The lowest BCUT2D eigenvalue weighted by atomic mass is 9.94. The topological polar surface area (TPSA) is 85.3 Å². The fourth-order valence-electron chi connectivity index (χ4n) is 4.70. The molecule has 2 heterocycles. The Hall–Kier alpha value is -4.26. The molecule has 2 aliphatic heterocycles. The number of Topliss-reactive ketones (excluding diaryl/α,β-unsaturated/α-hetero) is 1. The SMILES string of the molecule is CC(C)CCOc1cccc(C2/C(=C(/O)c3ccc4c(c3)OCCO4)C(=O)C(=O)N2Cc2ccccc2)c1. The number of carbonyl (C=O) groups is 2. The van der Waals surface area contributed by atoms with E-state index in [-0.39, 0.29) is 17.9 Å². The molecule has 2 aliphatic rings. The molecule has 0 spiro atoms. The van der Waals surface area contributed by atoms with Crippen LogP contribution in [0.15, 0.2) is 78.4 Å². The van der Waals surface area contributed by atoms with Gasteiger partial charge in [0.25, 0.3) is 11.7 Å². The van der Waals surface area contributed by atoms with Gasteiger partial charge in [0.1, 0.15) is 24.7 Å². The van der Waals surface area contributed by atoms with E-state index in [1.54, 1.807) is 18.2 Å². The van der Waals surface area contributed by atoms with Crippen LogP contribution in [-0.2, 0) is 16.1 Å². The zero-order valence-corrected chi connectivity index (χ0v) is 21.6. The summed E-state index contributed by atoms with van der Waals surface area (Å²) in [5, 5.41) is 11.4. The van der Waals surface area contributed by atoms with Gasteiger partial charge in [-0.1, -0.05) is 56.3 Å². The first-order valence-electron chi connectivity index (χ1n) is 12.9. The Labute approximate surface area is 222 Å². The maximum absolute atomic E-state index is 13.4. The fourth-order valence-corrected chi connectivity index (χ4v) is 4.70. The largest absolute Gasteiger partial charge is 0.507 e. The van der Waals surface area contributed by atoms with Gasteiger partial charge in [0.15, 0.2) is 11.5 Å². The molecule has 0 aliphatic carbocycles. The second kappa shape index (κ2) is 11.0. The van der Waals surface area contributed by atoms with Crippen LogP contribution < -0.4 is 14.2 Å². The highest BCUT2D eigenvalue weighted by molar-refractivity contribution is 6.46. The maximum Gasteiger partial charge on any atom is 0.295 e. The highest BCUT2D eigenvalue weighted by Gasteiger charge is 2.46. The summed E-state index contributed by atoms with van der Waals surface area (Å²) in [5.74, 6) is 0.548. The van der Waals surface area contributed by atoms with Crippen molar-refractivity contribution >= 4 is 17.4 Å². The molecular weight excluding hydrogens is 482 g/mol. The molecule has 3 aromatic rings. The summed E-state index contributed by atoms with van der Waals surface area (Å²) in [7, 11) is 0. The predicted octanol–water partition coefficient (Wildman–Crippen LogP) is 5.50. The monoisotopic (exact) mass is 513 g/mol. The van der Waals surface area contributed by atoms with Crippen molar-refractivity contribution in [1.82, 2.24) is 4.90 Å². The van der Waals surface area contributed by atoms with Crippen LogP contribution >= 0.6 is 0 Å². The van der Waals surface area contributed by atoms with Gasteiger partial charge in [-0.25, -0.2) is 0 Å². The second-order valence-electron chi connectivity index (χ2n) is 9.87. The number of benzene rings is 3. The van der Waals surface area contributed by atoms with Crippen molar-refractivity contribution in [1.29, 1.82) is 0 Å². The number of rotatable bonds is 8. The van der Waals surface area contributed by atoms with Crippen molar-refractivity contribution in [3.05, 3.63) is 95.1 Å². The number of likely N-dealkylation sites (tertiary alicyclic amines) is 1. The van der Waals surface area contributed by atoms with Crippen LogP contribution in [0.3, 0.4) is 0 Å². The summed E-state index contributed by atoms with van der Waals surface area (Å²) in [4.78, 5) is 28.3. The van der Waals surface area contributed by atoms with Gasteiger partial charge in [0.05, 0.1) is 18.2 Å². The fraction of sp³-hybridized carbons (Fsp3) is 0.290.